The van der Waals surface area contributed by atoms with E-state index in [4.69, 9.17) is 4.74 Å². The maximum absolute atomic E-state index is 13.0. The van der Waals surface area contributed by atoms with Gasteiger partial charge in [-0.1, -0.05) is 60.7 Å². The minimum Gasteiger partial charge on any atom is -0.494 e. The monoisotopic (exact) mass is 434 g/mol. The number of ether oxygens (including phenoxy) is 1. The van der Waals surface area contributed by atoms with Crippen LogP contribution in [0.4, 0.5) is 5.69 Å². The van der Waals surface area contributed by atoms with Gasteiger partial charge in [-0.3, -0.25) is 4.79 Å². The van der Waals surface area contributed by atoms with Crippen molar-refractivity contribution in [1.29, 1.82) is 0 Å². The molecule has 0 fully saturated rings. The summed E-state index contributed by atoms with van der Waals surface area (Å²) >= 11 is 0. The molecule has 6 nitrogen and oxygen atoms in total. The lowest BCUT2D eigenvalue weighted by atomic mass is 10.1. The Morgan fingerprint density at radius 2 is 1.61 bits per heavy atom. The van der Waals surface area contributed by atoms with Gasteiger partial charge in [0.05, 0.1) is 12.3 Å². The number of rotatable bonds is 6. The molecule has 4 aromatic carbocycles. The first-order valence-corrected chi connectivity index (χ1v) is 10.8. The highest BCUT2D eigenvalue weighted by atomic mass is 16.5. The maximum Gasteiger partial charge on any atom is 0.295 e. The topological polar surface area (TPSA) is 69.0 Å². The predicted molar refractivity (Wildman–Crippen MR) is 130 cm³/mol. The average Bonchev–Trinajstić information content (AvgIpc) is 3.31. The summed E-state index contributed by atoms with van der Waals surface area (Å²) in [7, 11) is 0. The molecule has 0 bridgehead atoms. The standard InChI is InChI=1S/C27H22N4O2/c1-2-33-24-16-14-23(15-17-24)31-26(20-9-4-3-5-10-20)29-25(30-31)27(32)28-22-13-12-19-8-6-7-11-21(19)18-22/h3-18H,2H2,1H3,(H,28,32). The van der Waals surface area contributed by atoms with Crippen molar-refractivity contribution >= 4 is 22.4 Å². The van der Waals surface area contributed by atoms with Gasteiger partial charge in [0, 0.05) is 11.3 Å². The SMILES string of the molecule is CCOc1ccc(-n2nc(C(=O)Nc3ccc4ccccc4c3)nc2-c2ccccc2)cc1. The molecular formula is C27H22N4O2. The van der Waals surface area contributed by atoms with Gasteiger partial charge in [-0.15, -0.1) is 5.10 Å². The van der Waals surface area contributed by atoms with Crippen LogP contribution in [0, 0.1) is 0 Å². The second kappa shape index (κ2) is 8.96. The van der Waals surface area contributed by atoms with Crippen LogP contribution in [0.5, 0.6) is 5.75 Å². The Kier molecular flexibility index (Phi) is 5.55. The Hall–Kier alpha value is -4.45. The molecule has 1 heterocycles. The molecule has 5 rings (SSSR count). The summed E-state index contributed by atoms with van der Waals surface area (Å²) in [5, 5.41) is 9.63. The van der Waals surface area contributed by atoms with Crippen LogP contribution in [0.2, 0.25) is 0 Å². The molecule has 1 aromatic heterocycles. The third kappa shape index (κ3) is 4.32. The average molecular weight is 434 g/mol. The van der Waals surface area contributed by atoms with Gasteiger partial charge in [0.1, 0.15) is 5.75 Å². The van der Waals surface area contributed by atoms with E-state index < -0.39 is 0 Å². The van der Waals surface area contributed by atoms with Crippen LogP contribution in [0.25, 0.3) is 27.8 Å². The number of aromatic nitrogens is 3. The number of nitrogens with one attached hydrogen (secondary N) is 1. The van der Waals surface area contributed by atoms with Gasteiger partial charge >= 0.3 is 0 Å². The Morgan fingerprint density at radius 1 is 0.879 bits per heavy atom. The first kappa shape index (κ1) is 20.5. The van der Waals surface area contributed by atoms with Crippen molar-refractivity contribution < 1.29 is 9.53 Å². The fourth-order valence-corrected chi connectivity index (χ4v) is 3.67. The molecule has 1 amide bonds. The summed E-state index contributed by atoms with van der Waals surface area (Å²) in [5.74, 6) is 1.09. The van der Waals surface area contributed by atoms with Crippen molar-refractivity contribution in [3.8, 4) is 22.8 Å². The summed E-state index contributed by atoms with van der Waals surface area (Å²) in [5.41, 5.74) is 2.34. The van der Waals surface area contributed by atoms with Gasteiger partial charge in [0.2, 0.25) is 5.82 Å². The third-order valence-corrected chi connectivity index (χ3v) is 5.24. The number of carbonyl (C=O) groups is 1. The van der Waals surface area contributed by atoms with Crippen LogP contribution in [0.1, 0.15) is 17.5 Å². The molecule has 0 aliphatic rings. The minimum absolute atomic E-state index is 0.0934. The summed E-state index contributed by atoms with van der Waals surface area (Å²) in [6.45, 7) is 2.54. The summed E-state index contributed by atoms with van der Waals surface area (Å²) in [6, 6.07) is 31.1. The zero-order valence-electron chi connectivity index (χ0n) is 18.1. The van der Waals surface area contributed by atoms with Crippen molar-refractivity contribution in [3.63, 3.8) is 0 Å². The molecule has 162 valence electrons. The van der Waals surface area contributed by atoms with Gasteiger partial charge in [-0.2, -0.15) is 0 Å². The van der Waals surface area contributed by atoms with E-state index in [2.05, 4.69) is 15.4 Å². The van der Waals surface area contributed by atoms with E-state index >= 15 is 0 Å². The first-order chi connectivity index (χ1) is 16.2. The lowest BCUT2D eigenvalue weighted by Gasteiger charge is -2.07. The lowest BCUT2D eigenvalue weighted by molar-refractivity contribution is 0.101. The van der Waals surface area contributed by atoms with Gasteiger partial charge < -0.3 is 10.1 Å². The minimum atomic E-state index is -0.368. The fourth-order valence-electron chi connectivity index (χ4n) is 3.67. The highest BCUT2D eigenvalue weighted by Gasteiger charge is 2.19. The quantitative estimate of drug-likeness (QED) is 0.370. The first-order valence-electron chi connectivity index (χ1n) is 10.8. The highest BCUT2D eigenvalue weighted by Crippen LogP contribution is 2.24. The zero-order chi connectivity index (χ0) is 22.6. The largest absolute Gasteiger partial charge is 0.494 e. The van der Waals surface area contributed by atoms with E-state index in [0.717, 1.165) is 27.8 Å². The number of nitrogens with zero attached hydrogens (tertiary/aromatic N) is 3. The molecule has 0 radical (unpaired) electrons. The maximum atomic E-state index is 13.0. The molecule has 0 unspecified atom stereocenters. The van der Waals surface area contributed by atoms with Crippen LogP contribution < -0.4 is 10.1 Å². The molecular weight excluding hydrogens is 412 g/mol. The Labute approximate surface area is 191 Å². The van der Waals surface area contributed by atoms with Gasteiger partial charge in [0.15, 0.2) is 5.82 Å². The molecule has 0 saturated heterocycles. The smallest absolute Gasteiger partial charge is 0.295 e. The summed E-state index contributed by atoms with van der Waals surface area (Å²) in [4.78, 5) is 17.6. The van der Waals surface area contributed by atoms with Crippen LogP contribution in [0.3, 0.4) is 0 Å². The van der Waals surface area contributed by atoms with Gasteiger partial charge in [-0.25, -0.2) is 9.67 Å². The van der Waals surface area contributed by atoms with Crippen molar-refractivity contribution in [2.24, 2.45) is 0 Å². The number of benzene rings is 4. The van der Waals surface area contributed by atoms with Crippen molar-refractivity contribution in [1.82, 2.24) is 14.8 Å². The fraction of sp³-hybridized carbons (Fsp3) is 0.0741. The van der Waals surface area contributed by atoms with Crippen molar-refractivity contribution in [3.05, 3.63) is 103 Å². The van der Waals surface area contributed by atoms with Gasteiger partial charge in [0.25, 0.3) is 5.91 Å². The van der Waals surface area contributed by atoms with E-state index in [1.165, 1.54) is 0 Å². The number of amides is 1. The van der Waals surface area contributed by atoms with E-state index in [9.17, 15) is 4.79 Å². The molecule has 0 saturated carbocycles. The molecule has 0 spiro atoms. The van der Waals surface area contributed by atoms with Gasteiger partial charge in [-0.05, 0) is 54.1 Å². The second-order valence-electron chi connectivity index (χ2n) is 7.48. The van der Waals surface area contributed by atoms with E-state index in [-0.39, 0.29) is 11.7 Å². The van der Waals surface area contributed by atoms with Crippen LogP contribution in [-0.2, 0) is 0 Å². The highest BCUT2D eigenvalue weighted by molar-refractivity contribution is 6.03. The number of hydrogen-bond acceptors (Lipinski definition) is 4. The van der Waals surface area contributed by atoms with E-state index in [1.807, 2.05) is 104 Å². The van der Waals surface area contributed by atoms with Crippen molar-refractivity contribution in [2.45, 2.75) is 6.92 Å². The van der Waals surface area contributed by atoms with Crippen molar-refractivity contribution in [2.75, 3.05) is 11.9 Å². The Morgan fingerprint density at radius 3 is 2.36 bits per heavy atom. The number of fused-ring (bicyclic) bond motifs is 1. The zero-order valence-corrected chi connectivity index (χ0v) is 18.1. The van der Waals surface area contributed by atoms with Crippen LogP contribution >= 0.6 is 0 Å². The molecule has 0 aliphatic carbocycles. The van der Waals surface area contributed by atoms with E-state index in [0.29, 0.717) is 18.1 Å². The molecule has 33 heavy (non-hydrogen) atoms. The lowest BCUT2D eigenvalue weighted by Crippen LogP contribution is -2.14. The Balaban J connectivity index is 1.50. The second-order valence-corrected chi connectivity index (χ2v) is 7.48. The summed E-state index contributed by atoms with van der Waals surface area (Å²) < 4.78 is 7.22. The number of carbonyl (C=O) groups excluding carboxylic acids is 1. The van der Waals surface area contributed by atoms with Crippen LogP contribution in [0.15, 0.2) is 97.1 Å². The van der Waals surface area contributed by atoms with Crippen LogP contribution in [-0.4, -0.2) is 27.3 Å². The third-order valence-electron chi connectivity index (χ3n) is 5.24. The normalized spacial score (nSPS) is 10.8. The molecule has 1 N–H and O–H groups in total. The number of hydrogen-bond donors (Lipinski definition) is 1. The molecule has 0 atom stereocenters. The molecule has 5 aromatic rings. The molecule has 6 heteroatoms. The molecule has 0 aliphatic heterocycles. The summed E-state index contributed by atoms with van der Waals surface area (Å²) in [6.07, 6.45) is 0. The van der Waals surface area contributed by atoms with E-state index in [1.54, 1.807) is 4.68 Å². The Bertz CT molecular complexity index is 1410. The predicted octanol–water partition coefficient (Wildman–Crippen LogP) is 5.74. The number of anilines is 1.